The average Bonchev–Trinajstić information content (AvgIpc) is 2.85. The fourth-order valence-electron chi connectivity index (χ4n) is 1.78. The van der Waals surface area contributed by atoms with Gasteiger partial charge in [0.25, 0.3) is 0 Å². The van der Waals surface area contributed by atoms with Crippen LogP contribution in [-0.4, -0.2) is 26.0 Å². The van der Waals surface area contributed by atoms with Crippen LogP contribution in [0.3, 0.4) is 0 Å². The van der Waals surface area contributed by atoms with E-state index in [0.717, 1.165) is 15.8 Å². The Kier molecular flexibility index (Phi) is 2.72. The van der Waals surface area contributed by atoms with E-state index in [-0.39, 0.29) is 5.56 Å². The van der Waals surface area contributed by atoms with Gasteiger partial charge in [-0.05, 0) is 24.4 Å². The van der Waals surface area contributed by atoms with Crippen molar-refractivity contribution in [3.05, 3.63) is 41.2 Å². The first-order valence-electron chi connectivity index (χ1n) is 5.56. The second-order valence-electron chi connectivity index (χ2n) is 4.03. The lowest BCUT2D eigenvalue weighted by molar-refractivity contribution is 0.0695. The molecule has 3 heterocycles. The highest BCUT2D eigenvalue weighted by Crippen LogP contribution is 2.24. The van der Waals surface area contributed by atoms with Gasteiger partial charge in [-0.2, -0.15) is 0 Å². The number of nitrogens with zero attached hydrogens (tertiary/aromatic N) is 3. The highest BCUT2D eigenvalue weighted by Gasteiger charge is 2.11. The van der Waals surface area contributed by atoms with Crippen LogP contribution in [0.5, 0.6) is 0 Å². The first-order chi connectivity index (χ1) is 9.15. The normalized spacial score (nSPS) is 10.8. The first kappa shape index (κ1) is 11.7. The molecule has 0 aromatic carbocycles. The Morgan fingerprint density at radius 2 is 2.16 bits per heavy atom. The van der Waals surface area contributed by atoms with E-state index < -0.39 is 5.97 Å². The van der Waals surface area contributed by atoms with Crippen LogP contribution in [0, 0.1) is 6.92 Å². The van der Waals surface area contributed by atoms with Gasteiger partial charge in [0.2, 0.25) is 0 Å². The van der Waals surface area contributed by atoms with Crippen molar-refractivity contribution >= 4 is 27.5 Å². The van der Waals surface area contributed by atoms with E-state index >= 15 is 0 Å². The van der Waals surface area contributed by atoms with Gasteiger partial charge in [0.1, 0.15) is 0 Å². The number of rotatable bonds is 2. The molecule has 94 valence electrons. The fourth-order valence-corrected chi connectivity index (χ4v) is 2.56. The third kappa shape index (κ3) is 2.06. The molecular formula is C13H9N3O2S. The molecule has 1 N–H and O–H groups in total. The number of thiophene rings is 1. The summed E-state index contributed by atoms with van der Waals surface area (Å²) in [5.41, 5.74) is 2.29. The SMILES string of the molecule is Cc1nc(-c2cnc3ccsc3c2)ncc1C(=O)O. The van der Waals surface area contributed by atoms with E-state index in [2.05, 4.69) is 15.0 Å². The molecule has 0 saturated heterocycles. The quantitative estimate of drug-likeness (QED) is 0.775. The Morgan fingerprint density at radius 1 is 1.32 bits per heavy atom. The summed E-state index contributed by atoms with van der Waals surface area (Å²) in [6.45, 7) is 1.66. The van der Waals surface area contributed by atoms with Gasteiger partial charge in [0.05, 0.1) is 21.5 Å². The average molecular weight is 271 g/mol. The monoisotopic (exact) mass is 271 g/mol. The Labute approximate surface area is 112 Å². The van der Waals surface area contributed by atoms with Gasteiger partial charge in [-0.3, -0.25) is 4.98 Å². The Morgan fingerprint density at radius 3 is 2.89 bits per heavy atom. The van der Waals surface area contributed by atoms with Crippen molar-refractivity contribution in [3.63, 3.8) is 0 Å². The Balaban J connectivity index is 2.10. The molecule has 0 atom stereocenters. The van der Waals surface area contributed by atoms with E-state index in [0.29, 0.717) is 11.5 Å². The van der Waals surface area contributed by atoms with Gasteiger partial charge in [-0.15, -0.1) is 11.3 Å². The van der Waals surface area contributed by atoms with Gasteiger partial charge in [-0.1, -0.05) is 0 Å². The number of hydrogen-bond donors (Lipinski definition) is 1. The van der Waals surface area contributed by atoms with Crippen LogP contribution in [0.4, 0.5) is 0 Å². The first-order valence-corrected chi connectivity index (χ1v) is 6.43. The zero-order valence-electron chi connectivity index (χ0n) is 9.99. The van der Waals surface area contributed by atoms with Gasteiger partial charge in [-0.25, -0.2) is 14.8 Å². The molecule has 6 heteroatoms. The highest BCUT2D eigenvalue weighted by molar-refractivity contribution is 7.17. The zero-order valence-corrected chi connectivity index (χ0v) is 10.8. The molecule has 0 aliphatic rings. The molecule has 0 spiro atoms. The minimum Gasteiger partial charge on any atom is -0.478 e. The van der Waals surface area contributed by atoms with Crippen LogP contribution in [0.25, 0.3) is 21.6 Å². The maximum Gasteiger partial charge on any atom is 0.339 e. The predicted molar refractivity (Wildman–Crippen MR) is 72.3 cm³/mol. The molecule has 19 heavy (non-hydrogen) atoms. The van der Waals surface area contributed by atoms with Gasteiger partial charge >= 0.3 is 5.97 Å². The van der Waals surface area contributed by atoms with Crippen molar-refractivity contribution in [2.75, 3.05) is 0 Å². The molecule has 0 radical (unpaired) electrons. The molecule has 0 aliphatic carbocycles. The number of aryl methyl sites for hydroxylation is 1. The van der Waals surface area contributed by atoms with Crippen LogP contribution in [-0.2, 0) is 0 Å². The van der Waals surface area contributed by atoms with Crippen LogP contribution in [0.1, 0.15) is 16.1 Å². The molecular weight excluding hydrogens is 262 g/mol. The van der Waals surface area contributed by atoms with Gasteiger partial charge in [0.15, 0.2) is 5.82 Å². The van der Waals surface area contributed by atoms with Crippen molar-refractivity contribution < 1.29 is 9.90 Å². The topological polar surface area (TPSA) is 76.0 Å². The predicted octanol–water partition coefficient (Wildman–Crippen LogP) is 2.76. The van der Waals surface area contributed by atoms with Crippen molar-refractivity contribution in [2.24, 2.45) is 0 Å². The van der Waals surface area contributed by atoms with Gasteiger partial charge < -0.3 is 5.11 Å². The van der Waals surface area contributed by atoms with Crippen LogP contribution < -0.4 is 0 Å². The van der Waals surface area contributed by atoms with Crippen LogP contribution >= 0.6 is 11.3 Å². The second-order valence-corrected chi connectivity index (χ2v) is 4.97. The second kappa shape index (κ2) is 4.40. The minimum absolute atomic E-state index is 0.119. The highest BCUT2D eigenvalue weighted by atomic mass is 32.1. The summed E-state index contributed by atoms with van der Waals surface area (Å²) in [6, 6.07) is 3.91. The minimum atomic E-state index is -1.02. The molecule has 3 aromatic rings. The molecule has 3 aromatic heterocycles. The summed E-state index contributed by atoms with van der Waals surface area (Å²) in [5, 5.41) is 10.9. The summed E-state index contributed by atoms with van der Waals surface area (Å²) in [4.78, 5) is 23.6. The van der Waals surface area contributed by atoms with E-state index in [1.807, 2.05) is 17.5 Å². The smallest absolute Gasteiger partial charge is 0.339 e. The molecule has 3 rings (SSSR count). The van der Waals surface area contributed by atoms with Crippen molar-refractivity contribution in [3.8, 4) is 11.4 Å². The van der Waals surface area contributed by atoms with E-state index in [9.17, 15) is 4.79 Å². The number of aromatic nitrogens is 3. The number of hydrogen-bond acceptors (Lipinski definition) is 5. The molecule has 0 aliphatic heterocycles. The standard InChI is InChI=1S/C13H9N3O2S/c1-7-9(13(17)18)6-15-12(16-7)8-4-11-10(14-5-8)2-3-19-11/h2-6H,1H3,(H,17,18). The Bertz CT molecular complexity index is 782. The van der Waals surface area contributed by atoms with Crippen molar-refractivity contribution in [1.82, 2.24) is 15.0 Å². The third-order valence-electron chi connectivity index (χ3n) is 2.77. The summed E-state index contributed by atoms with van der Waals surface area (Å²) < 4.78 is 1.06. The molecule has 0 fully saturated rings. The van der Waals surface area contributed by atoms with Crippen molar-refractivity contribution in [1.29, 1.82) is 0 Å². The number of pyridine rings is 1. The van der Waals surface area contributed by atoms with E-state index in [1.165, 1.54) is 6.20 Å². The largest absolute Gasteiger partial charge is 0.478 e. The summed E-state index contributed by atoms with van der Waals surface area (Å²) >= 11 is 1.60. The van der Waals surface area contributed by atoms with Crippen molar-refractivity contribution in [2.45, 2.75) is 6.92 Å². The lowest BCUT2D eigenvalue weighted by Gasteiger charge is -2.03. The number of carboxylic acids is 1. The summed E-state index contributed by atoms with van der Waals surface area (Å²) in [6.07, 6.45) is 3.03. The van der Waals surface area contributed by atoms with Crippen LogP contribution in [0.2, 0.25) is 0 Å². The third-order valence-corrected chi connectivity index (χ3v) is 3.62. The molecule has 0 saturated carbocycles. The molecule has 0 amide bonds. The van der Waals surface area contributed by atoms with Crippen LogP contribution in [0.15, 0.2) is 29.9 Å². The number of fused-ring (bicyclic) bond motifs is 1. The lowest BCUT2D eigenvalue weighted by Crippen LogP contribution is -2.04. The molecule has 0 bridgehead atoms. The molecule has 0 unspecified atom stereocenters. The maximum atomic E-state index is 10.9. The maximum absolute atomic E-state index is 10.9. The summed E-state index contributed by atoms with van der Waals surface area (Å²) in [7, 11) is 0. The number of carbonyl (C=O) groups is 1. The van der Waals surface area contributed by atoms with E-state index in [1.54, 1.807) is 24.5 Å². The molecule has 5 nitrogen and oxygen atoms in total. The van der Waals surface area contributed by atoms with Gasteiger partial charge in [0, 0.05) is 18.0 Å². The number of aromatic carboxylic acids is 1. The lowest BCUT2D eigenvalue weighted by atomic mass is 10.2. The fraction of sp³-hybridized carbons (Fsp3) is 0.0769. The van der Waals surface area contributed by atoms with E-state index in [4.69, 9.17) is 5.11 Å². The number of carboxylic acid groups (broad SMARTS) is 1. The Hall–Kier alpha value is -2.34. The zero-order chi connectivity index (χ0) is 13.4. The summed E-state index contributed by atoms with van der Waals surface area (Å²) in [5.74, 6) is -0.527.